The van der Waals surface area contributed by atoms with Gasteiger partial charge in [-0.25, -0.2) is 14.2 Å². The van der Waals surface area contributed by atoms with E-state index >= 15 is 0 Å². The minimum absolute atomic E-state index is 0.00561. The van der Waals surface area contributed by atoms with Crippen LogP contribution in [0.1, 0.15) is 21.1 Å². The Labute approximate surface area is 141 Å². The van der Waals surface area contributed by atoms with Crippen LogP contribution in [0.2, 0.25) is 0 Å². The van der Waals surface area contributed by atoms with Gasteiger partial charge in [-0.3, -0.25) is 4.79 Å². The van der Waals surface area contributed by atoms with E-state index in [0.29, 0.717) is 23.5 Å². The number of benzene rings is 1. The van der Waals surface area contributed by atoms with Crippen LogP contribution in [0.4, 0.5) is 4.39 Å². The van der Waals surface area contributed by atoms with Crippen molar-refractivity contribution in [1.29, 1.82) is 0 Å². The van der Waals surface area contributed by atoms with Crippen LogP contribution in [-0.4, -0.2) is 52.7 Å². The van der Waals surface area contributed by atoms with Crippen molar-refractivity contribution in [2.45, 2.75) is 12.5 Å². The molecule has 0 unspecified atom stereocenters. The van der Waals surface area contributed by atoms with Crippen LogP contribution in [0.25, 0.3) is 0 Å². The zero-order valence-corrected chi connectivity index (χ0v) is 13.5. The summed E-state index contributed by atoms with van der Waals surface area (Å²) in [5, 5.41) is 11.2. The zero-order valence-electron chi connectivity index (χ0n) is 12.6. The molecule has 0 spiro atoms. The molecule has 2 aromatic rings. The predicted molar refractivity (Wildman–Crippen MR) is 84.6 cm³/mol. The molecule has 126 valence electrons. The summed E-state index contributed by atoms with van der Waals surface area (Å²) in [4.78, 5) is 29.1. The fourth-order valence-electron chi connectivity index (χ4n) is 2.44. The second-order valence-electron chi connectivity index (χ2n) is 5.34. The van der Waals surface area contributed by atoms with Crippen LogP contribution in [0.5, 0.6) is 0 Å². The van der Waals surface area contributed by atoms with E-state index in [4.69, 9.17) is 9.84 Å². The summed E-state index contributed by atoms with van der Waals surface area (Å²) >= 11 is 1.28. The first-order valence-electron chi connectivity index (χ1n) is 7.36. The molecule has 3 rings (SSSR count). The summed E-state index contributed by atoms with van der Waals surface area (Å²) in [6.07, 6.45) is -0.704. The third kappa shape index (κ3) is 3.60. The maximum absolute atomic E-state index is 13.7. The molecule has 1 aliphatic heterocycles. The molecule has 1 aromatic carbocycles. The molecule has 0 saturated carbocycles. The van der Waals surface area contributed by atoms with Crippen molar-refractivity contribution < 1.29 is 23.8 Å². The Hall–Kier alpha value is -2.32. The van der Waals surface area contributed by atoms with Gasteiger partial charge in [0.2, 0.25) is 0 Å². The van der Waals surface area contributed by atoms with Gasteiger partial charge in [-0.15, -0.1) is 11.3 Å². The van der Waals surface area contributed by atoms with E-state index in [1.807, 2.05) is 0 Å². The van der Waals surface area contributed by atoms with E-state index < -0.39 is 12.1 Å². The lowest BCUT2D eigenvalue weighted by atomic mass is 10.1. The molecule has 8 heteroatoms. The van der Waals surface area contributed by atoms with Gasteiger partial charge in [-0.2, -0.15) is 0 Å². The maximum Gasteiger partial charge on any atom is 0.334 e. The van der Waals surface area contributed by atoms with Crippen LogP contribution < -0.4 is 0 Å². The molecule has 0 aliphatic carbocycles. The van der Waals surface area contributed by atoms with Crippen molar-refractivity contribution in [2.75, 3.05) is 19.7 Å². The summed E-state index contributed by atoms with van der Waals surface area (Å²) in [6.45, 7) is 0.492. The second-order valence-corrected chi connectivity index (χ2v) is 6.29. The quantitative estimate of drug-likeness (QED) is 0.909. The smallest absolute Gasteiger partial charge is 0.334 e. The molecular formula is C16H15FN2O4S. The standard InChI is InChI=1S/C16H15FN2O4S/c17-11-4-2-1-3-10(11)7-14-18-12(9-24-14)15(20)19-5-6-23-13(8-19)16(21)22/h1-4,9,13H,5-8H2,(H,21,22)/t13-/m0/s1. The van der Waals surface area contributed by atoms with E-state index in [0.717, 1.165) is 0 Å². The van der Waals surface area contributed by atoms with Crippen molar-refractivity contribution in [1.82, 2.24) is 9.88 Å². The number of hydrogen-bond acceptors (Lipinski definition) is 5. The number of aromatic nitrogens is 1. The monoisotopic (exact) mass is 350 g/mol. The topological polar surface area (TPSA) is 79.7 Å². The second kappa shape index (κ2) is 7.06. The molecule has 1 aromatic heterocycles. The molecule has 1 atom stereocenters. The van der Waals surface area contributed by atoms with Gasteiger partial charge in [-0.1, -0.05) is 18.2 Å². The van der Waals surface area contributed by atoms with E-state index in [9.17, 15) is 14.0 Å². The average Bonchev–Trinajstić information content (AvgIpc) is 3.05. The lowest BCUT2D eigenvalue weighted by Gasteiger charge is -2.30. The highest BCUT2D eigenvalue weighted by molar-refractivity contribution is 7.09. The number of hydrogen-bond donors (Lipinski definition) is 1. The minimum Gasteiger partial charge on any atom is -0.479 e. The first kappa shape index (κ1) is 16.5. The molecular weight excluding hydrogens is 335 g/mol. The molecule has 24 heavy (non-hydrogen) atoms. The number of rotatable bonds is 4. The van der Waals surface area contributed by atoms with Crippen molar-refractivity contribution in [3.8, 4) is 0 Å². The van der Waals surface area contributed by atoms with Gasteiger partial charge in [0.05, 0.1) is 18.2 Å². The molecule has 0 radical (unpaired) electrons. The summed E-state index contributed by atoms with van der Waals surface area (Å²) in [7, 11) is 0. The number of carbonyl (C=O) groups excluding carboxylic acids is 1. The fraction of sp³-hybridized carbons (Fsp3) is 0.312. The number of carbonyl (C=O) groups is 2. The number of nitrogens with zero attached hydrogens (tertiary/aromatic N) is 2. The van der Waals surface area contributed by atoms with Crippen molar-refractivity contribution in [2.24, 2.45) is 0 Å². The highest BCUT2D eigenvalue weighted by Crippen LogP contribution is 2.19. The van der Waals surface area contributed by atoms with Gasteiger partial charge in [0.1, 0.15) is 11.5 Å². The first-order valence-corrected chi connectivity index (χ1v) is 8.24. The van der Waals surface area contributed by atoms with Crippen LogP contribution in [-0.2, 0) is 16.0 Å². The third-order valence-corrected chi connectivity index (χ3v) is 4.55. The Balaban J connectivity index is 1.70. The van der Waals surface area contributed by atoms with Gasteiger partial charge >= 0.3 is 5.97 Å². The largest absolute Gasteiger partial charge is 0.479 e. The van der Waals surface area contributed by atoms with E-state index in [1.54, 1.807) is 23.6 Å². The van der Waals surface area contributed by atoms with Gasteiger partial charge in [0.15, 0.2) is 6.10 Å². The van der Waals surface area contributed by atoms with Gasteiger partial charge in [0, 0.05) is 18.3 Å². The Kier molecular flexibility index (Phi) is 4.86. The molecule has 2 heterocycles. The number of morpholine rings is 1. The number of amides is 1. The van der Waals surface area contributed by atoms with Crippen LogP contribution >= 0.6 is 11.3 Å². The highest BCUT2D eigenvalue weighted by atomic mass is 32.1. The number of carboxylic acids is 1. The van der Waals surface area contributed by atoms with E-state index in [-0.39, 0.29) is 30.6 Å². The molecule has 1 saturated heterocycles. The number of halogens is 1. The fourth-order valence-corrected chi connectivity index (χ4v) is 3.23. The molecule has 1 amide bonds. The lowest BCUT2D eigenvalue weighted by molar-refractivity contribution is -0.154. The van der Waals surface area contributed by atoms with Gasteiger partial charge < -0.3 is 14.7 Å². The maximum atomic E-state index is 13.7. The summed E-state index contributed by atoms with van der Waals surface area (Å²) in [5.74, 6) is -1.73. The normalized spacial score (nSPS) is 17.7. The Morgan fingerprint density at radius 1 is 1.42 bits per heavy atom. The lowest BCUT2D eigenvalue weighted by Crippen LogP contribution is -2.48. The molecule has 0 bridgehead atoms. The Morgan fingerprint density at radius 2 is 2.21 bits per heavy atom. The Morgan fingerprint density at radius 3 is 2.96 bits per heavy atom. The number of carboxylic acid groups (broad SMARTS) is 1. The Bertz CT molecular complexity index is 764. The van der Waals surface area contributed by atoms with Crippen molar-refractivity contribution in [3.63, 3.8) is 0 Å². The summed E-state index contributed by atoms with van der Waals surface area (Å²) in [6, 6.07) is 6.43. The van der Waals surface area contributed by atoms with E-state index in [1.165, 1.54) is 22.3 Å². The third-order valence-electron chi connectivity index (χ3n) is 3.70. The van der Waals surface area contributed by atoms with Gasteiger partial charge in [0.25, 0.3) is 5.91 Å². The first-order chi connectivity index (χ1) is 11.5. The average molecular weight is 350 g/mol. The number of ether oxygens (including phenoxy) is 1. The molecule has 1 fully saturated rings. The van der Waals surface area contributed by atoms with Crippen molar-refractivity contribution >= 4 is 23.2 Å². The molecule has 6 nitrogen and oxygen atoms in total. The summed E-state index contributed by atoms with van der Waals surface area (Å²) < 4.78 is 18.8. The molecule has 1 aliphatic rings. The van der Waals surface area contributed by atoms with Crippen LogP contribution in [0.3, 0.4) is 0 Å². The van der Waals surface area contributed by atoms with Crippen LogP contribution in [0, 0.1) is 5.82 Å². The number of thiazole rings is 1. The van der Waals surface area contributed by atoms with E-state index in [2.05, 4.69) is 4.98 Å². The zero-order chi connectivity index (χ0) is 17.1. The molecule has 1 N–H and O–H groups in total. The summed E-state index contributed by atoms with van der Waals surface area (Å²) in [5.41, 5.74) is 0.764. The van der Waals surface area contributed by atoms with Crippen molar-refractivity contribution in [3.05, 3.63) is 51.7 Å². The van der Waals surface area contributed by atoms with Crippen LogP contribution in [0.15, 0.2) is 29.6 Å². The predicted octanol–water partition coefficient (Wildman–Crippen LogP) is 1.80. The van der Waals surface area contributed by atoms with Gasteiger partial charge in [-0.05, 0) is 11.6 Å². The SMILES string of the molecule is O=C(O)[C@@H]1CN(C(=O)c2csc(Cc3ccccc3F)n2)CCO1. The number of aliphatic carboxylic acids is 1. The highest BCUT2D eigenvalue weighted by Gasteiger charge is 2.30. The minimum atomic E-state index is -1.09.